The lowest BCUT2D eigenvalue weighted by molar-refractivity contribution is -0.0948. The van der Waals surface area contributed by atoms with Crippen molar-refractivity contribution in [1.82, 2.24) is 15.2 Å². The van der Waals surface area contributed by atoms with Crippen molar-refractivity contribution in [3.63, 3.8) is 0 Å². The molecule has 2 atom stereocenters. The summed E-state index contributed by atoms with van der Waals surface area (Å²) in [6, 6.07) is 8.70. The van der Waals surface area contributed by atoms with Crippen molar-refractivity contribution in [2.45, 2.75) is 45.4 Å². The second kappa shape index (κ2) is 7.21. The fourth-order valence-electron chi connectivity index (χ4n) is 3.57. The first kappa shape index (κ1) is 18.6. The third-order valence-electron chi connectivity index (χ3n) is 4.95. The van der Waals surface area contributed by atoms with Crippen LogP contribution in [-0.4, -0.2) is 53.2 Å². The van der Waals surface area contributed by atoms with Gasteiger partial charge in [-0.2, -0.15) is 0 Å². The van der Waals surface area contributed by atoms with Crippen molar-refractivity contribution in [2.24, 2.45) is 0 Å². The number of H-pyrrole nitrogens is 1. The molecule has 6 heteroatoms. The van der Waals surface area contributed by atoms with Crippen molar-refractivity contribution in [2.75, 3.05) is 19.6 Å². The first-order chi connectivity index (χ1) is 12.3. The van der Waals surface area contributed by atoms with Gasteiger partial charge >= 0.3 is 0 Å². The summed E-state index contributed by atoms with van der Waals surface area (Å²) in [5.74, 6) is -0.227. The molecule has 0 spiro atoms. The van der Waals surface area contributed by atoms with Crippen molar-refractivity contribution in [3.05, 3.63) is 46.2 Å². The topological polar surface area (TPSA) is 74.4 Å². The van der Waals surface area contributed by atoms with Gasteiger partial charge in [0.1, 0.15) is 0 Å². The smallest absolute Gasteiger partial charge is 0.252 e. The van der Waals surface area contributed by atoms with Crippen molar-refractivity contribution < 1.29 is 9.53 Å². The summed E-state index contributed by atoms with van der Waals surface area (Å²) in [4.78, 5) is 29.7. The zero-order chi connectivity index (χ0) is 18.9. The van der Waals surface area contributed by atoms with Crippen LogP contribution in [0.2, 0.25) is 0 Å². The van der Waals surface area contributed by atoms with Crippen LogP contribution in [-0.2, 0) is 4.74 Å². The Morgan fingerprint density at radius 3 is 2.62 bits per heavy atom. The zero-order valence-electron chi connectivity index (χ0n) is 15.8. The minimum atomic E-state index is -0.274. The number of nitrogens with one attached hydrogen (secondary N) is 2. The van der Waals surface area contributed by atoms with Crippen LogP contribution in [0.15, 0.2) is 35.1 Å². The number of hydrogen-bond acceptors (Lipinski definition) is 4. The third-order valence-corrected chi connectivity index (χ3v) is 4.95. The van der Waals surface area contributed by atoms with E-state index < -0.39 is 0 Å². The minimum absolute atomic E-state index is 0.172. The number of amides is 1. The van der Waals surface area contributed by atoms with E-state index in [1.165, 1.54) is 6.07 Å². The first-order valence-corrected chi connectivity index (χ1v) is 9.07. The number of pyridine rings is 1. The Hall–Kier alpha value is -2.18. The molecule has 3 rings (SSSR count). The van der Waals surface area contributed by atoms with Crippen LogP contribution >= 0.6 is 0 Å². The highest BCUT2D eigenvalue weighted by molar-refractivity contribution is 6.05. The molecular weight excluding hydrogens is 330 g/mol. The number of para-hydroxylation sites is 1. The molecule has 2 aromatic rings. The van der Waals surface area contributed by atoms with Crippen LogP contribution in [0.5, 0.6) is 0 Å². The molecule has 1 aliphatic heterocycles. The fraction of sp³-hybridized carbons (Fsp3) is 0.500. The van der Waals surface area contributed by atoms with Crippen LogP contribution in [0.4, 0.5) is 0 Å². The van der Waals surface area contributed by atoms with Crippen LogP contribution < -0.4 is 10.9 Å². The third kappa shape index (κ3) is 3.97. The molecule has 0 bridgehead atoms. The summed E-state index contributed by atoms with van der Waals surface area (Å²) < 4.78 is 5.80. The summed E-state index contributed by atoms with van der Waals surface area (Å²) >= 11 is 0. The number of hydrogen-bond donors (Lipinski definition) is 2. The van der Waals surface area contributed by atoms with Gasteiger partial charge < -0.3 is 15.0 Å². The van der Waals surface area contributed by atoms with Gasteiger partial charge in [0, 0.05) is 42.1 Å². The van der Waals surface area contributed by atoms with E-state index in [0.29, 0.717) is 17.6 Å². The van der Waals surface area contributed by atoms with Gasteiger partial charge in [-0.15, -0.1) is 0 Å². The minimum Gasteiger partial charge on any atom is -0.373 e. The Kier molecular flexibility index (Phi) is 5.16. The van der Waals surface area contributed by atoms with Crippen LogP contribution in [0, 0.1) is 0 Å². The molecule has 2 heterocycles. The summed E-state index contributed by atoms with van der Waals surface area (Å²) in [6.07, 6.45) is 0.343. The van der Waals surface area contributed by atoms with Gasteiger partial charge in [0.2, 0.25) is 5.56 Å². The molecule has 1 aliphatic rings. The van der Waals surface area contributed by atoms with Crippen molar-refractivity contribution in [1.29, 1.82) is 0 Å². The van der Waals surface area contributed by atoms with Gasteiger partial charge in [0.05, 0.1) is 17.8 Å². The number of aromatic amines is 1. The SMILES string of the molecule is C[C@@H]1CN(C(C)(C)CNC(=O)c2cc(=O)[nH]c3ccccc23)C[C@H](C)O1. The maximum Gasteiger partial charge on any atom is 0.252 e. The first-order valence-electron chi connectivity index (χ1n) is 9.07. The Bertz CT molecular complexity index is 849. The molecule has 6 nitrogen and oxygen atoms in total. The van der Waals surface area contributed by atoms with Gasteiger partial charge in [0.15, 0.2) is 0 Å². The van der Waals surface area contributed by atoms with Crippen molar-refractivity contribution in [3.8, 4) is 0 Å². The average molecular weight is 357 g/mol. The number of nitrogens with zero attached hydrogens (tertiary/aromatic N) is 1. The maximum atomic E-state index is 12.8. The molecule has 0 aliphatic carbocycles. The van der Waals surface area contributed by atoms with Gasteiger partial charge in [-0.25, -0.2) is 0 Å². The Morgan fingerprint density at radius 1 is 1.27 bits per heavy atom. The van der Waals surface area contributed by atoms with Gasteiger partial charge in [0.25, 0.3) is 5.91 Å². The van der Waals surface area contributed by atoms with Crippen LogP contribution in [0.3, 0.4) is 0 Å². The Morgan fingerprint density at radius 2 is 1.92 bits per heavy atom. The van der Waals surface area contributed by atoms with E-state index in [9.17, 15) is 9.59 Å². The maximum absolute atomic E-state index is 12.8. The fourth-order valence-corrected chi connectivity index (χ4v) is 3.57. The molecule has 26 heavy (non-hydrogen) atoms. The number of aromatic nitrogens is 1. The Labute approximate surface area is 153 Å². The highest BCUT2D eigenvalue weighted by Crippen LogP contribution is 2.21. The van der Waals surface area contributed by atoms with Gasteiger partial charge in [-0.3, -0.25) is 14.5 Å². The van der Waals surface area contributed by atoms with Crippen LogP contribution in [0.1, 0.15) is 38.1 Å². The monoisotopic (exact) mass is 357 g/mol. The summed E-state index contributed by atoms with van der Waals surface area (Å²) in [5.41, 5.74) is 0.590. The lowest BCUT2D eigenvalue weighted by Gasteiger charge is -2.45. The summed E-state index contributed by atoms with van der Waals surface area (Å²) in [7, 11) is 0. The Balaban J connectivity index is 1.75. The van der Waals surface area contributed by atoms with E-state index in [1.54, 1.807) is 6.07 Å². The molecule has 1 amide bonds. The number of fused-ring (bicyclic) bond motifs is 1. The predicted molar refractivity (Wildman–Crippen MR) is 103 cm³/mol. The standard InChI is InChI=1S/C20H27N3O3/c1-13-10-23(11-14(2)26-13)20(3,4)12-21-19(25)16-9-18(24)22-17-8-6-5-7-15(16)17/h5-9,13-14H,10-12H2,1-4H3,(H,21,25)(H,22,24)/t13-,14+. The molecule has 0 saturated carbocycles. The molecule has 1 saturated heterocycles. The number of carbonyl (C=O) groups excluding carboxylic acids is 1. The van der Waals surface area contributed by atoms with Crippen molar-refractivity contribution >= 4 is 16.8 Å². The van der Waals surface area contributed by atoms with Gasteiger partial charge in [-0.05, 0) is 33.8 Å². The largest absolute Gasteiger partial charge is 0.373 e. The lowest BCUT2D eigenvalue weighted by atomic mass is 9.99. The second-order valence-corrected chi connectivity index (χ2v) is 7.75. The van der Waals surface area contributed by atoms with E-state index in [0.717, 1.165) is 18.5 Å². The molecule has 0 radical (unpaired) electrons. The number of benzene rings is 1. The predicted octanol–water partition coefficient (Wildman–Crippen LogP) is 2.15. The van der Waals surface area contributed by atoms with E-state index in [2.05, 4.69) is 42.9 Å². The molecule has 1 aromatic carbocycles. The normalized spacial score (nSPS) is 21.7. The molecule has 2 N–H and O–H groups in total. The number of carbonyl (C=O) groups is 1. The zero-order valence-corrected chi connectivity index (χ0v) is 15.8. The van der Waals surface area contributed by atoms with E-state index in [-0.39, 0.29) is 29.2 Å². The number of rotatable bonds is 4. The van der Waals surface area contributed by atoms with E-state index >= 15 is 0 Å². The molecule has 1 aromatic heterocycles. The molecular formula is C20H27N3O3. The second-order valence-electron chi connectivity index (χ2n) is 7.75. The lowest BCUT2D eigenvalue weighted by Crippen LogP contribution is -2.58. The number of ether oxygens (including phenoxy) is 1. The molecule has 1 fully saturated rings. The van der Waals surface area contributed by atoms with Gasteiger partial charge in [-0.1, -0.05) is 18.2 Å². The average Bonchev–Trinajstić information content (AvgIpc) is 2.58. The molecule has 0 unspecified atom stereocenters. The number of morpholine rings is 1. The van der Waals surface area contributed by atoms with Crippen LogP contribution in [0.25, 0.3) is 10.9 Å². The highest BCUT2D eigenvalue weighted by Gasteiger charge is 2.33. The summed E-state index contributed by atoms with van der Waals surface area (Å²) in [5, 5.41) is 3.76. The van der Waals surface area contributed by atoms with E-state index in [1.807, 2.05) is 18.2 Å². The quantitative estimate of drug-likeness (QED) is 0.879. The highest BCUT2D eigenvalue weighted by atomic mass is 16.5. The van der Waals surface area contributed by atoms with E-state index in [4.69, 9.17) is 4.74 Å². The molecule has 140 valence electrons. The summed E-state index contributed by atoms with van der Waals surface area (Å²) in [6.45, 7) is 10.5.